The van der Waals surface area contributed by atoms with Crippen LogP contribution in [0.1, 0.15) is 18.4 Å². The maximum Gasteiger partial charge on any atom is 0.317 e. The van der Waals surface area contributed by atoms with Crippen LogP contribution < -0.4 is 5.32 Å². The van der Waals surface area contributed by atoms with E-state index in [1.165, 1.54) is 10.8 Å². The van der Waals surface area contributed by atoms with Gasteiger partial charge in [-0.2, -0.15) is 0 Å². The number of hydrogen-bond acceptors (Lipinski definition) is 3. The van der Waals surface area contributed by atoms with Crippen LogP contribution in [0.5, 0.6) is 0 Å². The second kappa shape index (κ2) is 7.42. The lowest BCUT2D eigenvalue weighted by atomic mass is 10.1. The van der Waals surface area contributed by atoms with Gasteiger partial charge in [0.05, 0.1) is 19.3 Å². The molecule has 2 amide bonds. The first-order valence-corrected chi connectivity index (χ1v) is 9.03. The van der Waals surface area contributed by atoms with Crippen LogP contribution in [0.4, 0.5) is 4.79 Å². The normalized spacial score (nSPS) is 23.8. The molecule has 2 heterocycles. The monoisotopic (exact) mass is 340 g/mol. The van der Waals surface area contributed by atoms with E-state index in [1.807, 2.05) is 17.0 Å². The average molecular weight is 340 g/mol. The van der Waals surface area contributed by atoms with Crippen molar-refractivity contribution in [1.82, 2.24) is 10.2 Å². The Morgan fingerprint density at radius 1 is 1.08 bits per heavy atom. The minimum absolute atomic E-state index is 0.00247. The topological polar surface area (TPSA) is 50.8 Å². The summed E-state index contributed by atoms with van der Waals surface area (Å²) in [5, 5.41) is 5.44. The van der Waals surface area contributed by atoms with Gasteiger partial charge in [-0.15, -0.1) is 0 Å². The molecule has 2 aliphatic rings. The minimum atomic E-state index is -0.0283. The van der Waals surface area contributed by atoms with Crippen LogP contribution in [-0.2, 0) is 16.0 Å². The maximum absolute atomic E-state index is 12.5. The molecule has 2 aliphatic heterocycles. The van der Waals surface area contributed by atoms with E-state index in [-0.39, 0.29) is 18.2 Å². The van der Waals surface area contributed by atoms with Crippen molar-refractivity contribution in [2.75, 3.05) is 26.3 Å². The van der Waals surface area contributed by atoms with E-state index < -0.39 is 0 Å². The van der Waals surface area contributed by atoms with Crippen LogP contribution >= 0.6 is 0 Å². The number of fused-ring (bicyclic) bond motifs is 1. The number of urea groups is 1. The number of nitrogens with zero attached hydrogens (tertiary/aromatic N) is 1. The number of carbonyl (C=O) groups excluding carboxylic acids is 1. The smallest absolute Gasteiger partial charge is 0.317 e. The Morgan fingerprint density at radius 2 is 1.92 bits per heavy atom. The third-order valence-corrected chi connectivity index (χ3v) is 5.02. The second-order valence-corrected chi connectivity index (χ2v) is 6.75. The van der Waals surface area contributed by atoms with Gasteiger partial charge < -0.3 is 19.7 Å². The Labute approximate surface area is 147 Å². The molecule has 25 heavy (non-hydrogen) atoms. The summed E-state index contributed by atoms with van der Waals surface area (Å²) in [5.41, 5.74) is 1.11. The predicted octanol–water partition coefficient (Wildman–Crippen LogP) is 2.93. The fourth-order valence-corrected chi connectivity index (χ4v) is 3.62. The Hall–Kier alpha value is -2.11. The highest BCUT2D eigenvalue weighted by atomic mass is 16.5. The van der Waals surface area contributed by atoms with E-state index in [4.69, 9.17) is 9.47 Å². The van der Waals surface area contributed by atoms with Gasteiger partial charge in [-0.25, -0.2) is 4.79 Å². The molecule has 2 unspecified atom stereocenters. The fourth-order valence-electron chi connectivity index (χ4n) is 3.62. The molecular formula is C20H24N2O3. The van der Waals surface area contributed by atoms with Gasteiger partial charge in [0.1, 0.15) is 6.10 Å². The third-order valence-electron chi connectivity index (χ3n) is 5.02. The number of benzene rings is 2. The zero-order chi connectivity index (χ0) is 17.1. The van der Waals surface area contributed by atoms with E-state index in [0.29, 0.717) is 26.2 Å². The first-order chi connectivity index (χ1) is 12.3. The van der Waals surface area contributed by atoms with Crippen molar-refractivity contribution < 1.29 is 14.3 Å². The van der Waals surface area contributed by atoms with Gasteiger partial charge in [-0.1, -0.05) is 36.4 Å². The highest BCUT2D eigenvalue weighted by Gasteiger charge is 2.32. The number of hydrogen-bond donors (Lipinski definition) is 1. The molecule has 0 bridgehead atoms. The zero-order valence-electron chi connectivity index (χ0n) is 14.3. The number of carbonyl (C=O) groups is 1. The van der Waals surface area contributed by atoms with Gasteiger partial charge in [0, 0.05) is 19.7 Å². The minimum Gasteiger partial charge on any atom is -0.375 e. The molecule has 0 aliphatic carbocycles. The van der Waals surface area contributed by atoms with Gasteiger partial charge in [0.2, 0.25) is 0 Å². The van der Waals surface area contributed by atoms with E-state index in [1.54, 1.807) is 0 Å². The molecule has 2 fully saturated rings. The van der Waals surface area contributed by atoms with E-state index in [9.17, 15) is 4.79 Å². The maximum atomic E-state index is 12.5. The van der Waals surface area contributed by atoms with Crippen LogP contribution in [0.3, 0.4) is 0 Å². The van der Waals surface area contributed by atoms with Crippen molar-refractivity contribution in [3.05, 3.63) is 48.0 Å². The van der Waals surface area contributed by atoms with Crippen LogP contribution in [0, 0.1) is 0 Å². The SMILES string of the molecule is O=C(NCc1ccc2ccccc2c1)N1CCOC(C2CCCO2)C1. The molecule has 2 aromatic rings. The standard InChI is InChI=1S/C20H24N2O3/c23-20(22-9-11-25-19(14-22)18-6-3-10-24-18)21-13-15-7-8-16-4-1-2-5-17(16)12-15/h1-2,4-5,7-8,12,18-19H,3,6,9-11,13-14H2,(H,21,23). The predicted molar refractivity (Wildman–Crippen MR) is 96.5 cm³/mol. The summed E-state index contributed by atoms with van der Waals surface area (Å²) in [4.78, 5) is 14.4. The first-order valence-electron chi connectivity index (χ1n) is 9.03. The lowest BCUT2D eigenvalue weighted by Crippen LogP contribution is -2.52. The Balaban J connectivity index is 1.34. The van der Waals surface area contributed by atoms with Crippen molar-refractivity contribution in [1.29, 1.82) is 0 Å². The lowest BCUT2D eigenvalue weighted by molar-refractivity contribution is -0.0849. The largest absolute Gasteiger partial charge is 0.375 e. The number of ether oxygens (including phenoxy) is 2. The molecule has 5 heteroatoms. The highest BCUT2D eigenvalue weighted by molar-refractivity contribution is 5.83. The molecule has 0 saturated carbocycles. The van der Waals surface area contributed by atoms with Crippen molar-refractivity contribution in [2.24, 2.45) is 0 Å². The number of amides is 2. The number of morpholine rings is 1. The van der Waals surface area contributed by atoms with Gasteiger partial charge in [-0.05, 0) is 35.2 Å². The molecule has 132 valence electrons. The Morgan fingerprint density at radius 3 is 2.76 bits per heavy atom. The van der Waals surface area contributed by atoms with Gasteiger partial charge in [0.15, 0.2) is 0 Å². The summed E-state index contributed by atoms with van der Waals surface area (Å²) in [5.74, 6) is 0. The Bertz CT molecular complexity index is 743. The van der Waals surface area contributed by atoms with E-state index in [0.717, 1.165) is 25.0 Å². The molecule has 0 radical (unpaired) electrons. The summed E-state index contributed by atoms with van der Waals surface area (Å²) in [7, 11) is 0. The molecular weight excluding hydrogens is 316 g/mol. The summed E-state index contributed by atoms with van der Waals surface area (Å²) in [6, 6.07) is 14.5. The molecule has 5 nitrogen and oxygen atoms in total. The molecule has 4 rings (SSSR count). The molecule has 1 N–H and O–H groups in total. The van der Waals surface area contributed by atoms with Gasteiger partial charge in [-0.3, -0.25) is 0 Å². The van der Waals surface area contributed by atoms with Crippen LogP contribution in [0.2, 0.25) is 0 Å². The molecule has 2 aromatic carbocycles. The molecule has 2 saturated heterocycles. The van der Waals surface area contributed by atoms with Crippen molar-refractivity contribution in [3.63, 3.8) is 0 Å². The van der Waals surface area contributed by atoms with Gasteiger partial charge >= 0.3 is 6.03 Å². The van der Waals surface area contributed by atoms with Crippen LogP contribution in [0.15, 0.2) is 42.5 Å². The van der Waals surface area contributed by atoms with Crippen molar-refractivity contribution in [2.45, 2.75) is 31.6 Å². The van der Waals surface area contributed by atoms with Crippen LogP contribution in [-0.4, -0.2) is 49.4 Å². The van der Waals surface area contributed by atoms with E-state index >= 15 is 0 Å². The first kappa shape index (κ1) is 16.4. The molecule has 0 spiro atoms. The molecule has 2 atom stereocenters. The lowest BCUT2D eigenvalue weighted by Gasteiger charge is -2.35. The summed E-state index contributed by atoms with van der Waals surface area (Å²) >= 11 is 0. The summed E-state index contributed by atoms with van der Waals surface area (Å²) in [6.07, 6.45) is 2.24. The van der Waals surface area contributed by atoms with Gasteiger partial charge in [0.25, 0.3) is 0 Å². The zero-order valence-corrected chi connectivity index (χ0v) is 14.3. The Kier molecular flexibility index (Phi) is 4.85. The van der Waals surface area contributed by atoms with E-state index in [2.05, 4.69) is 35.6 Å². The number of nitrogens with one attached hydrogen (secondary N) is 1. The second-order valence-electron chi connectivity index (χ2n) is 6.75. The quantitative estimate of drug-likeness (QED) is 0.935. The third kappa shape index (κ3) is 3.78. The number of rotatable bonds is 3. The van der Waals surface area contributed by atoms with Crippen molar-refractivity contribution >= 4 is 16.8 Å². The summed E-state index contributed by atoms with van der Waals surface area (Å²) < 4.78 is 11.5. The van der Waals surface area contributed by atoms with Crippen molar-refractivity contribution in [3.8, 4) is 0 Å². The average Bonchev–Trinajstić information content (AvgIpc) is 3.21. The highest BCUT2D eigenvalue weighted by Crippen LogP contribution is 2.21. The van der Waals surface area contributed by atoms with Crippen LogP contribution in [0.25, 0.3) is 10.8 Å². The molecule has 0 aromatic heterocycles. The fraction of sp³-hybridized carbons (Fsp3) is 0.450. The summed E-state index contributed by atoms with van der Waals surface area (Å²) in [6.45, 7) is 3.15.